The molecule has 4 aliphatic rings. The van der Waals surface area contributed by atoms with E-state index < -0.39 is 5.97 Å². The number of carbonyl (C=O) groups is 3. The lowest BCUT2D eigenvalue weighted by atomic mass is 9.91. The standard InChI is InChI=1S/C30H34N4O5S/c1-38-30(37)21-2-4-23-24(17-21)32-29(36)27(23)28(19-7-14-40-15-8-19)31-22-3-5-25-20(16-22)6-9-34(25)26(35)18-33-10-12-39-13-11-33/h2-5,16-17,19,31H,6-15,18H2,1H3,(H,32,36)/b28-27-. The smallest absolute Gasteiger partial charge is 0.337 e. The Labute approximate surface area is 238 Å². The molecule has 0 saturated carbocycles. The minimum absolute atomic E-state index is 0.120. The summed E-state index contributed by atoms with van der Waals surface area (Å²) >= 11 is 1.94. The van der Waals surface area contributed by atoms with Gasteiger partial charge in [-0.05, 0) is 66.7 Å². The zero-order chi connectivity index (χ0) is 27.6. The molecule has 0 aliphatic carbocycles. The van der Waals surface area contributed by atoms with E-state index in [1.165, 1.54) is 7.11 Å². The quantitative estimate of drug-likeness (QED) is 0.407. The van der Waals surface area contributed by atoms with Crippen LogP contribution < -0.4 is 15.5 Å². The molecular weight excluding hydrogens is 528 g/mol. The summed E-state index contributed by atoms with van der Waals surface area (Å²) in [4.78, 5) is 42.6. The van der Waals surface area contributed by atoms with E-state index >= 15 is 0 Å². The van der Waals surface area contributed by atoms with Crippen LogP contribution in [-0.2, 0) is 25.5 Å². The molecule has 2 aromatic rings. The zero-order valence-corrected chi connectivity index (χ0v) is 23.5. The number of fused-ring (bicyclic) bond motifs is 2. The number of amides is 2. The van der Waals surface area contributed by atoms with Gasteiger partial charge in [0.2, 0.25) is 5.91 Å². The Morgan fingerprint density at radius 3 is 2.67 bits per heavy atom. The van der Waals surface area contributed by atoms with Gasteiger partial charge in [0.05, 0.1) is 43.7 Å². The summed E-state index contributed by atoms with van der Waals surface area (Å²) < 4.78 is 10.3. The fourth-order valence-corrected chi connectivity index (χ4v) is 7.08. The third-order valence-electron chi connectivity index (χ3n) is 8.10. The van der Waals surface area contributed by atoms with Gasteiger partial charge in [0, 0.05) is 48.2 Å². The monoisotopic (exact) mass is 562 g/mol. The number of esters is 1. The fourth-order valence-electron chi connectivity index (χ4n) is 5.97. The topological polar surface area (TPSA) is 100 Å². The first kappa shape index (κ1) is 26.9. The molecule has 40 heavy (non-hydrogen) atoms. The van der Waals surface area contributed by atoms with Crippen LogP contribution >= 0.6 is 11.8 Å². The SMILES string of the molecule is COC(=O)c1ccc2c(c1)NC(=O)/C2=C(\Nc1ccc2c(c1)CCN2C(=O)CN1CCOCC1)C1CCSCC1. The molecule has 6 rings (SSSR count). The molecule has 2 fully saturated rings. The lowest BCUT2D eigenvalue weighted by Gasteiger charge is -2.28. The Kier molecular flexibility index (Phi) is 7.82. The maximum Gasteiger partial charge on any atom is 0.337 e. The number of nitrogens with one attached hydrogen (secondary N) is 2. The van der Waals surface area contributed by atoms with E-state index in [1.54, 1.807) is 12.1 Å². The second-order valence-corrected chi connectivity index (χ2v) is 11.8. The highest BCUT2D eigenvalue weighted by molar-refractivity contribution is 7.99. The van der Waals surface area contributed by atoms with E-state index in [1.807, 2.05) is 34.9 Å². The van der Waals surface area contributed by atoms with Crippen LogP contribution in [-0.4, -0.2) is 80.7 Å². The van der Waals surface area contributed by atoms with Crippen molar-refractivity contribution < 1.29 is 23.9 Å². The van der Waals surface area contributed by atoms with Gasteiger partial charge in [-0.25, -0.2) is 4.79 Å². The molecule has 0 bridgehead atoms. The van der Waals surface area contributed by atoms with Crippen LogP contribution in [0.2, 0.25) is 0 Å². The number of carbonyl (C=O) groups excluding carboxylic acids is 3. The average molecular weight is 563 g/mol. The van der Waals surface area contributed by atoms with Crippen LogP contribution in [0.3, 0.4) is 0 Å². The second kappa shape index (κ2) is 11.6. The van der Waals surface area contributed by atoms with Crippen molar-refractivity contribution in [3.63, 3.8) is 0 Å². The molecule has 2 N–H and O–H groups in total. The first-order valence-electron chi connectivity index (χ1n) is 13.9. The van der Waals surface area contributed by atoms with Gasteiger partial charge in [-0.1, -0.05) is 6.07 Å². The Morgan fingerprint density at radius 2 is 1.90 bits per heavy atom. The zero-order valence-electron chi connectivity index (χ0n) is 22.7. The number of morpholine rings is 1. The molecule has 0 aromatic heterocycles. The number of rotatable bonds is 6. The van der Waals surface area contributed by atoms with Gasteiger partial charge in [-0.3, -0.25) is 14.5 Å². The molecule has 0 unspecified atom stereocenters. The highest BCUT2D eigenvalue weighted by atomic mass is 32.2. The highest BCUT2D eigenvalue weighted by Gasteiger charge is 2.33. The van der Waals surface area contributed by atoms with Crippen LogP contribution in [0.4, 0.5) is 17.1 Å². The minimum atomic E-state index is -0.437. The van der Waals surface area contributed by atoms with Crippen molar-refractivity contribution in [2.45, 2.75) is 19.3 Å². The Bertz CT molecular complexity index is 1360. The number of ether oxygens (including phenoxy) is 2. The number of hydrogen-bond donors (Lipinski definition) is 2. The summed E-state index contributed by atoms with van der Waals surface area (Å²) in [5, 5.41) is 6.60. The van der Waals surface area contributed by atoms with Crippen LogP contribution in [0.5, 0.6) is 0 Å². The summed E-state index contributed by atoms with van der Waals surface area (Å²) in [6.45, 7) is 4.00. The predicted octanol–water partition coefficient (Wildman–Crippen LogP) is 3.61. The van der Waals surface area contributed by atoms with E-state index in [0.717, 1.165) is 72.1 Å². The van der Waals surface area contributed by atoms with Crippen molar-refractivity contribution in [3.8, 4) is 0 Å². The number of thioether (sulfide) groups is 1. The van der Waals surface area contributed by atoms with Crippen molar-refractivity contribution >= 4 is 52.2 Å². The lowest BCUT2D eigenvalue weighted by molar-refractivity contribution is -0.120. The number of anilines is 3. The van der Waals surface area contributed by atoms with Gasteiger partial charge in [0.1, 0.15) is 0 Å². The lowest BCUT2D eigenvalue weighted by Crippen LogP contribution is -2.44. The molecule has 2 saturated heterocycles. The molecule has 4 aliphatic heterocycles. The average Bonchev–Trinajstić information content (AvgIpc) is 3.56. The first-order chi connectivity index (χ1) is 19.5. The summed E-state index contributed by atoms with van der Waals surface area (Å²) in [5.74, 6) is 1.82. The van der Waals surface area contributed by atoms with E-state index in [2.05, 4.69) is 21.6 Å². The molecule has 0 radical (unpaired) electrons. The van der Waals surface area contributed by atoms with Crippen molar-refractivity contribution in [1.29, 1.82) is 0 Å². The molecule has 2 aromatic carbocycles. The number of allylic oxidation sites excluding steroid dienone is 1. The number of methoxy groups -OCH3 is 1. The van der Waals surface area contributed by atoms with Crippen LogP contribution in [0.25, 0.3) is 5.57 Å². The molecule has 0 atom stereocenters. The second-order valence-electron chi connectivity index (χ2n) is 10.5. The van der Waals surface area contributed by atoms with Gasteiger partial charge >= 0.3 is 5.97 Å². The van der Waals surface area contributed by atoms with Gasteiger partial charge in [-0.15, -0.1) is 0 Å². The molecule has 4 heterocycles. The first-order valence-corrected chi connectivity index (χ1v) is 15.0. The summed E-state index contributed by atoms with van der Waals surface area (Å²) in [6, 6.07) is 11.4. The van der Waals surface area contributed by atoms with Crippen molar-refractivity contribution in [3.05, 3.63) is 58.8 Å². The minimum Gasteiger partial charge on any atom is -0.465 e. The van der Waals surface area contributed by atoms with Gasteiger partial charge < -0.3 is 25.0 Å². The maximum atomic E-state index is 13.3. The van der Waals surface area contributed by atoms with Crippen LogP contribution in [0.15, 0.2) is 42.1 Å². The normalized spacial score (nSPS) is 20.5. The fraction of sp³-hybridized carbons (Fsp3) is 0.433. The molecule has 2 amide bonds. The Balaban J connectivity index is 1.28. The van der Waals surface area contributed by atoms with Gasteiger partial charge in [0.15, 0.2) is 0 Å². The number of hydrogen-bond acceptors (Lipinski definition) is 8. The maximum absolute atomic E-state index is 13.3. The number of nitrogens with zero attached hydrogens (tertiary/aromatic N) is 2. The van der Waals surface area contributed by atoms with Gasteiger partial charge in [0.25, 0.3) is 5.91 Å². The Morgan fingerprint density at radius 1 is 1.10 bits per heavy atom. The largest absolute Gasteiger partial charge is 0.465 e. The molecule has 10 heteroatoms. The summed E-state index contributed by atoms with van der Waals surface area (Å²) in [5.41, 5.74) is 6.36. The van der Waals surface area contributed by atoms with Crippen LogP contribution in [0, 0.1) is 5.92 Å². The van der Waals surface area contributed by atoms with Gasteiger partial charge in [-0.2, -0.15) is 11.8 Å². The van der Waals surface area contributed by atoms with E-state index in [-0.39, 0.29) is 17.7 Å². The van der Waals surface area contributed by atoms with E-state index in [4.69, 9.17) is 9.47 Å². The highest BCUT2D eigenvalue weighted by Crippen LogP contribution is 2.41. The molecular formula is C30H34N4O5S. The summed E-state index contributed by atoms with van der Waals surface area (Å²) in [7, 11) is 1.35. The van der Waals surface area contributed by atoms with Crippen molar-refractivity contribution in [2.75, 3.05) is 73.5 Å². The van der Waals surface area contributed by atoms with Crippen LogP contribution in [0.1, 0.15) is 34.3 Å². The Hall–Kier alpha value is -3.34. The third-order valence-corrected chi connectivity index (χ3v) is 9.15. The van der Waals surface area contributed by atoms with E-state index in [0.29, 0.717) is 43.1 Å². The third kappa shape index (κ3) is 5.35. The number of benzene rings is 2. The predicted molar refractivity (Wildman–Crippen MR) is 157 cm³/mol. The molecule has 210 valence electrons. The molecule has 0 spiro atoms. The molecule has 9 nitrogen and oxygen atoms in total. The van der Waals surface area contributed by atoms with Crippen molar-refractivity contribution in [2.24, 2.45) is 5.92 Å². The summed E-state index contributed by atoms with van der Waals surface area (Å²) in [6.07, 6.45) is 2.76. The van der Waals surface area contributed by atoms with E-state index in [9.17, 15) is 14.4 Å². The van der Waals surface area contributed by atoms with Crippen molar-refractivity contribution in [1.82, 2.24) is 4.90 Å².